The SMILES string of the molecule is CCOC(=O)N(C=O)CC1CCNCC1. The molecule has 5 nitrogen and oxygen atoms in total. The Bertz CT molecular complexity index is 215. The van der Waals surface area contributed by atoms with E-state index in [1.165, 1.54) is 0 Å². The van der Waals surface area contributed by atoms with E-state index in [1.54, 1.807) is 6.92 Å². The van der Waals surface area contributed by atoms with Crippen molar-refractivity contribution in [2.45, 2.75) is 19.8 Å². The zero-order valence-corrected chi connectivity index (χ0v) is 9.07. The lowest BCUT2D eigenvalue weighted by Crippen LogP contribution is -2.38. The van der Waals surface area contributed by atoms with E-state index in [4.69, 9.17) is 4.74 Å². The van der Waals surface area contributed by atoms with Gasteiger partial charge in [-0.1, -0.05) is 0 Å². The summed E-state index contributed by atoms with van der Waals surface area (Å²) in [5.41, 5.74) is 0. The van der Waals surface area contributed by atoms with Crippen LogP contribution < -0.4 is 5.32 Å². The van der Waals surface area contributed by atoms with E-state index < -0.39 is 6.09 Å². The van der Waals surface area contributed by atoms with Crippen LogP contribution in [0.2, 0.25) is 0 Å². The summed E-state index contributed by atoms with van der Waals surface area (Å²) >= 11 is 0. The second-order valence-electron chi connectivity index (χ2n) is 3.65. The molecule has 0 spiro atoms. The van der Waals surface area contributed by atoms with Gasteiger partial charge in [-0.15, -0.1) is 0 Å². The zero-order chi connectivity index (χ0) is 11.1. The van der Waals surface area contributed by atoms with E-state index in [1.807, 2.05) is 0 Å². The van der Waals surface area contributed by atoms with Crippen LogP contribution in [0.3, 0.4) is 0 Å². The Morgan fingerprint density at radius 1 is 1.53 bits per heavy atom. The van der Waals surface area contributed by atoms with Gasteiger partial charge in [0.05, 0.1) is 6.61 Å². The van der Waals surface area contributed by atoms with Crippen LogP contribution in [-0.4, -0.2) is 43.6 Å². The maximum Gasteiger partial charge on any atom is 0.416 e. The monoisotopic (exact) mass is 214 g/mol. The van der Waals surface area contributed by atoms with E-state index >= 15 is 0 Å². The number of amides is 2. The number of rotatable bonds is 4. The first kappa shape index (κ1) is 12.0. The van der Waals surface area contributed by atoms with Gasteiger partial charge in [0.1, 0.15) is 0 Å². The molecule has 0 unspecified atom stereocenters. The smallest absolute Gasteiger partial charge is 0.416 e. The van der Waals surface area contributed by atoms with Crippen LogP contribution in [-0.2, 0) is 9.53 Å². The van der Waals surface area contributed by atoms with Crippen molar-refractivity contribution in [1.29, 1.82) is 0 Å². The van der Waals surface area contributed by atoms with E-state index in [9.17, 15) is 9.59 Å². The Balaban J connectivity index is 2.37. The number of carbonyl (C=O) groups excluding carboxylic acids is 2. The molecule has 15 heavy (non-hydrogen) atoms. The fourth-order valence-electron chi connectivity index (χ4n) is 1.71. The Hall–Kier alpha value is -1.10. The molecule has 0 aliphatic carbocycles. The first-order chi connectivity index (χ1) is 7.27. The summed E-state index contributed by atoms with van der Waals surface area (Å²) in [4.78, 5) is 23.1. The molecule has 0 aromatic heterocycles. The number of nitrogens with zero attached hydrogens (tertiary/aromatic N) is 1. The molecule has 0 atom stereocenters. The molecule has 86 valence electrons. The molecule has 2 amide bonds. The van der Waals surface area contributed by atoms with Gasteiger partial charge >= 0.3 is 6.09 Å². The largest absolute Gasteiger partial charge is 0.449 e. The van der Waals surface area contributed by atoms with Crippen molar-refractivity contribution in [3.05, 3.63) is 0 Å². The summed E-state index contributed by atoms with van der Waals surface area (Å²) < 4.78 is 4.78. The molecule has 0 bridgehead atoms. The number of ether oxygens (including phenoxy) is 1. The van der Waals surface area contributed by atoms with Crippen LogP contribution in [0.4, 0.5) is 4.79 Å². The molecule has 0 saturated carbocycles. The summed E-state index contributed by atoms with van der Waals surface area (Å²) in [5, 5.41) is 3.24. The molecule has 1 N–H and O–H groups in total. The van der Waals surface area contributed by atoms with Crippen molar-refractivity contribution in [3.63, 3.8) is 0 Å². The van der Waals surface area contributed by atoms with Crippen molar-refractivity contribution in [2.24, 2.45) is 5.92 Å². The van der Waals surface area contributed by atoms with Crippen molar-refractivity contribution >= 4 is 12.5 Å². The second-order valence-corrected chi connectivity index (χ2v) is 3.65. The number of imide groups is 1. The van der Waals surface area contributed by atoms with Gasteiger partial charge in [0.2, 0.25) is 6.41 Å². The molecular weight excluding hydrogens is 196 g/mol. The number of hydrogen-bond acceptors (Lipinski definition) is 4. The molecule has 1 heterocycles. The third kappa shape index (κ3) is 3.87. The topological polar surface area (TPSA) is 58.6 Å². The van der Waals surface area contributed by atoms with Crippen molar-refractivity contribution in [3.8, 4) is 0 Å². The highest BCUT2D eigenvalue weighted by Crippen LogP contribution is 2.13. The lowest BCUT2D eigenvalue weighted by atomic mass is 9.98. The minimum Gasteiger partial charge on any atom is -0.449 e. The Morgan fingerprint density at radius 2 is 2.20 bits per heavy atom. The average Bonchev–Trinajstić information content (AvgIpc) is 2.27. The Labute approximate surface area is 89.8 Å². The van der Waals surface area contributed by atoms with Gasteiger partial charge in [-0.25, -0.2) is 9.69 Å². The normalized spacial score (nSPS) is 17.1. The number of carbonyl (C=O) groups is 2. The van der Waals surface area contributed by atoms with Gasteiger partial charge in [0.25, 0.3) is 0 Å². The van der Waals surface area contributed by atoms with Gasteiger partial charge in [-0.3, -0.25) is 4.79 Å². The van der Waals surface area contributed by atoms with Crippen LogP contribution >= 0.6 is 0 Å². The highest BCUT2D eigenvalue weighted by Gasteiger charge is 2.20. The van der Waals surface area contributed by atoms with Crippen LogP contribution in [0.5, 0.6) is 0 Å². The molecule has 1 aliphatic rings. The van der Waals surface area contributed by atoms with Crippen molar-refractivity contribution in [2.75, 3.05) is 26.2 Å². The zero-order valence-electron chi connectivity index (χ0n) is 9.07. The molecule has 0 aromatic rings. The third-order valence-electron chi connectivity index (χ3n) is 2.54. The van der Waals surface area contributed by atoms with Gasteiger partial charge < -0.3 is 10.1 Å². The molecule has 0 aromatic carbocycles. The summed E-state index contributed by atoms with van der Waals surface area (Å²) in [6, 6.07) is 0. The highest BCUT2D eigenvalue weighted by molar-refractivity contribution is 5.80. The summed E-state index contributed by atoms with van der Waals surface area (Å²) in [7, 11) is 0. The predicted octanol–water partition coefficient (Wildman–Crippen LogP) is 0.601. The highest BCUT2D eigenvalue weighted by atomic mass is 16.6. The van der Waals surface area contributed by atoms with Gasteiger partial charge in [-0.2, -0.15) is 0 Å². The van der Waals surface area contributed by atoms with E-state index in [2.05, 4.69) is 5.32 Å². The second kappa shape index (κ2) is 6.40. The molecule has 1 rings (SSSR count). The summed E-state index contributed by atoms with van der Waals surface area (Å²) in [6.45, 7) is 4.42. The van der Waals surface area contributed by atoms with E-state index in [0.717, 1.165) is 30.8 Å². The van der Waals surface area contributed by atoms with Crippen LogP contribution in [0.15, 0.2) is 0 Å². The molecular formula is C10H18N2O3. The minimum atomic E-state index is -0.536. The quantitative estimate of drug-likeness (QED) is 0.696. The van der Waals surface area contributed by atoms with Crippen LogP contribution in [0, 0.1) is 5.92 Å². The maximum atomic E-state index is 11.3. The third-order valence-corrected chi connectivity index (χ3v) is 2.54. The van der Waals surface area contributed by atoms with Gasteiger partial charge in [0, 0.05) is 6.54 Å². The molecule has 1 aliphatic heterocycles. The first-order valence-corrected chi connectivity index (χ1v) is 5.37. The Morgan fingerprint density at radius 3 is 2.73 bits per heavy atom. The lowest BCUT2D eigenvalue weighted by Gasteiger charge is -2.26. The maximum absolute atomic E-state index is 11.3. The molecule has 0 radical (unpaired) electrons. The first-order valence-electron chi connectivity index (χ1n) is 5.37. The molecule has 1 saturated heterocycles. The summed E-state index contributed by atoms with van der Waals surface area (Å²) in [5.74, 6) is 0.404. The Kier molecular flexibility index (Phi) is 5.10. The van der Waals surface area contributed by atoms with Crippen LogP contribution in [0.25, 0.3) is 0 Å². The lowest BCUT2D eigenvalue weighted by molar-refractivity contribution is -0.117. The summed E-state index contributed by atoms with van der Waals surface area (Å²) in [6.07, 6.45) is 2.03. The molecule has 5 heteroatoms. The van der Waals surface area contributed by atoms with Gasteiger partial charge in [0.15, 0.2) is 0 Å². The fourth-order valence-corrected chi connectivity index (χ4v) is 1.71. The number of piperidine rings is 1. The minimum absolute atomic E-state index is 0.301. The molecule has 1 fully saturated rings. The fraction of sp³-hybridized carbons (Fsp3) is 0.800. The van der Waals surface area contributed by atoms with Crippen molar-refractivity contribution in [1.82, 2.24) is 10.2 Å². The average molecular weight is 214 g/mol. The van der Waals surface area contributed by atoms with Gasteiger partial charge in [-0.05, 0) is 38.8 Å². The van der Waals surface area contributed by atoms with E-state index in [0.29, 0.717) is 25.5 Å². The number of hydrogen-bond donors (Lipinski definition) is 1. The van der Waals surface area contributed by atoms with Crippen molar-refractivity contribution < 1.29 is 14.3 Å². The van der Waals surface area contributed by atoms with E-state index in [-0.39, 0.29) is 0 Å². The number of nitrogens with one attached hydrogen (secondary N) is 1. The van der Waals surface area contributed by atoms with Crippen LogP contribution in [0.1, 0.15) is 19.8 Å². The predicted molar refractivity (Wildman–Crippen MR) is 55.4 cm³/mol. The standard InChI is InChI=1S/C10H18N2O3/c1-2-15-10(14)12(8-13)7-9-3-5-11-6-4-9/h8-9,11H,2-7H2,1H3.